The number of ether oxygens (including phenoxy) is 1. The highest BCUT2D eigenvalue weighted by Crippen LogP contribution is 2.30. The van der Waals surface area contributed by atoms with Crippen molar-refractivity contribution in [1.82, 2.24) is 4.72 Å². The first kappa shape index (κ1) is 20.2. The number of alkyl halides is 3. The summed E-state index contributed by atoms with van der Waals surface area (Å²) in [4.78, 5) is 0.0259. The van der Waals surface area contributed by atoms with Crippen molar-refractivity contribution in [2.75, 3.05) is 13.7 Å². The number of methoxy groups -OCH3 is 1. The highest BCUT2D eigenvalue weighted by molar-refractivity contribution is 7.89. The van der Waals surface area contributed by atoms with Crippen LogP contribution in [0, 0.1) is 6.92 Å². The fraction of sp³-hybridized carbons (Fsp3) is 0.294. The lowest BCUT2D eigenvalue weighted by Crippen LogP contribution is -2.29. The second-order valence-corrected chi connectivity index (χ2v) is 7.35. The molecule has 0 fully saturated rings. The van der Waals surface area contributed by atoms with E-state index in [0.29, 0.717) is 11.3 Å². The third kappa shape index (κ3) is 4.75. The van der Waals surface area contributed by atoms with Crippen molar-refractivity contribution in [2.24, 2.45) is 0 Å². The maximum absolute atomic E-state index is 12.5. The van der Waals surface area contributed by atoms with Crippen molar-refractivity contribution in [1.29, 1.82) is 0 Å². The molecular weight excluding hydrogens is 371 g/mol. The Labute approximate surface area is 149 Å². The Hall–Kier alpha value is -2.10. The molecule has 0 radical (unpaired) electrons. The van der Waals surface area contributed by atoms with E-state index in [4.69, 9.17) is 4.74 Å². The fourth-order valence-electron chi connectivity index (χ4n) is 2.33. The standard InChI is InChI=1S/C17H18F3NO4S/c1-11-9-14(25-2)7-8-16(11)26(23,24)21-10-15(22)12-3-5-13(6-4-12)17(18,19)20/h3-9,15,21-22H,10H2,1-2H3/t15-/m1/s1. The van der Waals surface area contributed by atoms with E-state index in [1.54, 1.807) is 13.0 Å². The van der Waals surface area contributed by atoms with Crippen LogP contribution < -0.4 is 9.46 Å². The maximum atomic E-state index is 12.5. The van der Waals surface area contributed by atoms with Gasteiger partial charge in [0.15, 0.2) is 0 Å². The summed E-state index contributed by atoms with van der Waals surface area (Å²) in [6.45, 7) is 1.22. The van der Waals surface area contributed by atoms with Crippen molar-refractivity contribution >= 4 is 10.0 Å². The Morgan fingerprint density at radius 3 is 2.27 bits per heavy atom. The van der Waals surface area contributed by atoms with Crippen LogP contribution in [0.2, 0.25) is 0 Å². The first-order valence-electron chi connectivity index (χ1n) is 7.54. The number of hydrogen-bond acceptors (Lipinski definition) is 4. The minimum atomic E-state index is -4.48. The van der Waals surface area contributed by atoms with Crippen LogP contribution in [0.25, 0.3) is 0 Å². The van der Waals surface area contributed by atoms with E-state index < -0.39 is 27.9 Å². The van der Waals surface area contributed by atoms with Crippen LogP contribution in [0.5, 0.6) is 5.75 Å². The molecule has 142 valence electrons. The van der Waals surface area contributed by atoms with Crippen molar-refractivity contribution in [2.45, 2.75) is 24.1 Å². The normalized spacial score (nSPS) is 13.5. The number of benzene rings is 2. The first-order chi connectivity index (χ1) is 12.0. The van der Waals surface area contributed by atoms with Crippen LogP contribution in [-0.4, -0.2) is 27.2 Å². The minimum absolute atomic E-state index is 0.0259. The molecule has 2 rings (SSSR count). The SMILES string of the molecule is COc1ccc(S(=O)(=O)NC[C@@H](O)c2ccc(C(F)(F)F)cc2)c(C)c1. The number of aliphatic hydroxyl groups excluding tert-OH is 1. The number of hydrogen-bond donors (Lipinski definition) is 2. The van der Waals surface area contributed by atoms with Crippen LogP contribution >= 0.6 is 0 Å². The van der Waals surface area contributed by atoms with Crippen LogP contribution in [0.4, 0.5) is 13.2 Å². The summed E-state index contributed by atoms with van der Waals surface area (Å²) in [5, 5.41) is 10.0. The summed E-state index contributed by atoms with van der Waals surface area (Å²) in [7, 11) is -2.44. The van der Waals surface area contributed by atoms with E-state index in [2.05, 4.69) is 4.72 Å². The molecule has 2 aromatic rings. The highest BCUT2D eigenvalue weighted by atomic mass is 32.2. The largest absolute Gasteiger partial charge is 0.497 e. The minimum Gasteiger partial charge on any atom is -0.497 e. The number of sulfonamides is 1. The van der Waals surface area contributed by atoms with Crippen LogP contribution in [-0.2, 0) is 16.2 Å². The molecule has 0 aromatic heterocycles. The van der Waals surface area contributed by atoms with Gasteiger partial charge in [0.2, 0.25) is 10.0 Å². The van der Waals surface area contributed by atoms with E-state index in [-0.39, 0.29) is 17.0 Å². The number of halogens is 3. The maximum Gasteiger partial charge on any atom is 0.416 e. The quantitative estimate of drug-likeness (QED) is 0.796. The lowest BCUT2D eigenvalue weighted by molar-refractivity contribution is -0.137. The second kappa shape index (κ2) is 7.65. The third-order valence-corrected chi connectivity index (χ3v) is 5.34. The van der Waals surface area contributed by atoms with Crippen molar-refractivity contribution in [3.63, 3.8) is 0 Å². The number of aliphatic hydroxyl groups is 1. The lowest BCUT2D eigenvalue weighted by Gasteiger charge is -2.15. The summed E-state index contributed by atoms with van der Waals surface area (Å²) < 4.78 is 69.6. The fourth-order valence-corrected chi connectivity index (χ4v) is 3.59. The van der Waals surface area contributed by atoms with Gasteiger partial charge in [0.05, 0.1) is 23.7 Å². The summed E-state index contributed by atoms with van der Waals surface area (Å²) >= 11 is 0. The van der Waals surface area contributed by atoms with E-state index in [1.807, 2.05) is 0 Å². The molecule has 0 bridgehead atoms. The van der Waals surface area contributed by atoms with Gasteiger partial charge in [-0.1, -0.05) is 12.1 Å². The van der Waals surface area contributed by atoms with Crippen molar-refractivity contribution in [3.8, 4) is 5.75 Å². The van der Waals surface area contributed by atoms with Crippen molar-refractivity contribution in [3.05, 3.63) is 59.2 Å². The highest BCUT2D eigenvalue weighted by Gasteiger charge is 2.30. The van der Waals surface area contributed by atoms with Gasteiger partial charge >= 0.3 is 6.18 Å². The molecule has 1 atom stereocenters. The molecule has 0 unspecified atom stereocenters. The lowest BCUT2D eigenvalue weighted by atomic mass is 10.1. The van der Waals surface area contributed by atoms with Gasteiger partial charge in [-0.25, -0.2) is 13.1 Å². The summed E-state index contributed by atoms with van der Waals surface area (Å²) in [5.41, 5.74) is -0.212. The average Bonchev–Trinajstić information content (AvgIpc) is 2.58. The first-order valence-corrected chi connectivity index (χ1v) is 9.02. The van der Waals surface area contributed by atoms with Gasteiger partial charge in [0.1, 0.15) is 5.75 Å². The molecule has 0 saturated heterocycles. The summed E-state index contributed by atoms with van der Waals surface area (Å²) in [6, 6.07) is 8.32. The average molecular weight is 389 g/mol. The smallest absolute Gasteiger partial charge is 0.416 e. The van der Waals surface area contributed by atoms with Gasteiger partial charge in [0, 0.05) is 6.54 Å². The molecule has 0 heterocycles. The van der Waals surface area contributed by atoms with Gasteiger partial charge < -0.3 is 9.84 Å². The van der Waals surface area contributed by atoms with Gasteiger partial charge in [-0.15, -0.1) is 0 Å². The van der Waals surface area contributed by atoms with Gasteiger partial charge in [-0.05, 0) is 48.4 Å². The molecule has 2 aromatic carbocycles. The van der Waals surface area contributed by atoms with Gasteiger partial charge in [-0.3, -0.25) is 0 Å². The summed E-state index contributed by atoms with van der Waals surface area (Å²) in [6.07, 6.45) is -5.76. The molecule has 26 heavy (non-hydrogen) atoms. The zero-order chi connectivity index (χ0) is 19.5. The molecular formula is C17H18F3NO4S. The van der Waals surface area contributed by atoms with E-state index in [0.717, 1.165) is 24.3 Å². The second-order valence-electron chi connectivity index (χ2n) is 5.62. The molecule has 0 amide bonds. The van der Waals surface area contributed by atoms with Crippen molar-refractivity contribution < 1.29 is 31.4 Å². The third-order valence-electron chi connectivity index (χ3n) is 3.76. The number of aryl methyl sites for hydroxylation is 1. The number of rotatable bonds is 6. The Bertz CT molecular complexity index is 865. The van der Waals surface area contributed by atoms with Crippen LogP contribution in [0.3, 0.4) is 0 Å². The topological polar surface area (TPSA) is 75.6 Å². The Balaban J connectivity index is 2.09. The molecule has 0 saturated carbocycles. The van der Waals surface area contributed by atoms with E-state index in [1.165, 1.54) is 19.2 Å². The molecule has 0 aliphatic rings. The monoisotopic (exact) mass is 389 g/mol. The zero-order valence-electron chi connectivity index (χ0n) is 14.0. The zero-order valence-corrected chi connectivity index (χ0v) is 14.9. The van der Waals surface area contributed by atoms with Crippen LogP contribution in [0.15, 0.2) is 47.4 Å². The van der Waals surface area contributed by atoms with Crippen LogP contribution in [0.1, 0.15) is 22.8 Å². The summed E-state index contributed by atoms with van der Waals surface area (Å²) in [5.74, 6) is 0.506. The molecule has 9 heteroatoms. The van der Waals surface area contributed by atoms with Gasteiger partial charge in [0.25, 0.3) is 0 Å². The molecule has 5 nitrogen and oxygen atoms in total. The van der Waals surface area contributed by atoms with E-state index >= 15 is 0 Å². The predicted octanol–water partition coefficient (Wildman–Crippen LogP) is 3.03. The van der Waals surface area contributed by atoms with Gasteiger partial charge in [-0.2, -0.15) is 13.2 Å². The molecule has 0 aliphatic heterocycles. The van der Waals surface area contributed by atoms with E-state index in [9.17, 15) is 26.7 Å². The number of nitrogens with one attached hydrogen (secondary N) is 1. The molecule has 2 N–H and O–H groups in total. The Kier molecular flexibility index (Phi) is 5.94. The molecule has 0 spiro atoms. The molecule has 0 aliphatic carbocycles. The Morgan fingerprint density at radius 2 is 1.77 bits per heavy atom. The Morgan fingerprint density at radius 1 is 1.15 bits per heavy atom. The predicted molar refractivity (Wildman–Crippen MR) is 89.3 cm³/mol.